The Bertz CT molecular complexity index is 1350. The Kier molecular flexibility index (Phi) is 6.20. The summed E-state index contributed by atoms with van der Waals surface area (Å²) in [6, 6.07) is 0. The highest BCUT2D eigenvalue weighted by molar-refractivity contribution is 7.08. The highest BCUT2D eigenvalue weighted by Gasteiger charge is 2.50. The van der Waals surface area contributed by atoms with Crippen molar-refractivity contribution in [1.82, 2.24) is 0 Å². The molecule has 2 aromatic rings. The zero-order chi connectivity index (χ0) is 27.9. The van der Waals surface area contributed by atoms with Crippen LogP contribution in [-0.4, -0.2) is 30.5 Å². The molecule has 0 saturated heterocycles. The lowest BCUT2D eigenvalue weighted by atomic mass is 9.12. The molecule has 12 heteroatoms. The Hall–Kier alpha value is -3.05. The number of allylic oxidation sites excluding steroid dienone is 4. The average molecular weight is 535 g/mol. The van der Waals surface area contributed by atoms with Crippen molar-refractivity contribution in [3.8, 4) is 0 Å². The molecule has 4 rings (SSSR count). The molecule has 0 atom stereocenters. The minimum atomic E-state index is -3.96. The number of hydrogen-bond acceptors (Lipinski definition) is 0. The molecule has 0 aromatic heterocycles. The molecule has 0 bridgehead atoms. The molecule has 1 aliphatic carbocycles. The fraction of sp³-hybridized carbons (Fsp3) is 0.320. The predicted molar refractivity (Wildman–Crippen MR) is 119 cm³/mol. The predicted octanol–water partition coefficient (Wildman–Crippen LogP) is 5.58. The van der Waals surface area contributed by atoms with E-state index >= 15 is 17.6 Å². The number of hydrogen-bond donors (Lipinski definition) is 0. The van der Waals surface area contributed by atoms with E-state index in [1.165, 1.54) is 6.08 Å². The molecule has 1 heterocycles. The van der Waals surface area contributed by atoms with Crippen molar-refractivity contribution >= 4 is 22.8 Å². The maximum absolute atomic E-state index is 15.3. The molecule has 0 fully saturated rings. The first kappa shape index (κ1) is 27.0. The van der Waals surface area contributed by atoms with Crippen molar-refractivity contribution in [3.63, 3.8) is 0 Å². The van der Waals surface area contributed by atoms with Crippen LogP contribution in [0.5, 0.6) is 0 Å². The zero-order valence-corrected chi connectivity index (χ0v) is 20.3. The molecule has 198 valence electrons. The molecular formula is C25H20BF10N. The summed E-state index contributed by atoms with van der Waals surface area (Å²) in [5.41, 5.74) is -2.90. The number of halogens is 10. The van der Waals surface area contributed by atoms with E-state index in [0.717, 1.165) is 6.92 Å². The SMILES string of the molecule is CC1=CC2=C(C[B-]1(c1c(F)c(F)c(F)c(F)c1F)c1c(F)c(F)c(F)c(F)c1F)C(=[N+](C)C)CC2(C)C. The van der Waals surface area contributed by atoms with Gasteiger partial charge in [0.05, 0.1) is 6.15 Å². The van der Waals surface area contributed by atoms with Gasteiger partial charge in [-0.15, -0.1) is 17.2 Å². The van der Waals surface area contributed by atoms with E-state index in [4.69, 9.17) is 0 Å². The van der Waals surface area contributed by atoms with E-state index in [2.05, 4.69) is 0 Å². The van der Waals surface area contributed by atoms with E-state index in [-0.39, 0.29) is 11.0 Å². The molecular weight excluding hydrogens is 515 g/mol. The first-order valence-corrected chi connectivity index (χ1v) is 11.2. The van der Waals surface area contributed by atoms with Gasteiger partial charge in [-0.25, -0.2) is 54.0 Å². The molecule has 0 N–H and O–H groups in total. The van der Waals surface area contributed by atoms with Crippen LogP contribution >= 0.6 is 0 Å². The Labute approximate surface area is 205 Å². The molecule has 2 aliphatic rings. The third-order valence-electron chi connectivity index (χ3n) is 7.68. The molecule has 1 nitrogen and oxygen atoms in total. The third-order valence-corrected chi connectivity index (χ3v) is 7.68. The summed E-state index contributed by atoms with van der Waals surface area (Å²) < 4.78 is 148. The molecule has 0 unspecified atom stereocenters. The van der Waals surface area contributed by atoms with Crippen LogP contribution in [0.2, 0.25) is 6.32 Å². The first-order chi connectivity index (χ1) is 17.0. The Morgan fingerprint density at radius 3 is 1.35 bits per heavy atom. The van der Waals surface area contributed by atoms with Gasteiger partial charge in [-0.05, 0) is 16.6 Å². The first-order valence-electron chi connectivity index (χ1n) is 11.2. The quantitative estimate of drug-likeness (QED) is 0.156. The topological polar surface area (TPSA) is 3.01 Å². The summed E-state index contributed by atoms with van der Waals surface area (Å²) >= 11 is 0. The van der Waals surface area contributed by atoms with Crippen LogP contribution in [0.25, 0.3) is 0 Å². The summed E-state index contributed by atoms with van der Waals surface area (Å²) in [5, 5.41) is 0. The third kappa shape index (κ3) is 3.50. The van der Waals surface area contributed by atoms with E-state index in [0.29, 0.717) is 17.7 Å². The minimum absolute atomic E-state index is 0.258. The highest BCUT2D eigenvalue weighted by atomic mass is 19.2. The summed E-state index contributed by atoms with van der Waals surface area (Å²) in [6.45, 7) is 4.72. The molecule has 2 aromatic carbocycles. The fourth-order valence-electron chi connectivity index (χ4n) is 5.87. The maximum atomic E-state index is 15.3. The van der Waals surface area contributed by atoms with E-state index in [1.807, 2.05) is 0 Å². The van der Waals surface area contributed by atoms with E-state index in [1.54, 1.807) is 32.5 Å². The average Bonchev–Trinajstić information content (AvgIpc) is 3.09. The lowest BCUT2D eigenvalue weighted by molar-refractivity contribution is -0.465. The van der Waals surface area contributed by atoms with E-state index < -0.39 is 87.0 Å². The van der Waals surface area contributed by atoms with Gasteiger partial charge in [-0.1, -0.05) is 26.8 Å². The second kappa shape index (κ2) is 8.49. The monoisotopic (exact) mass is 535 g/mol. The van der Waals surface area contributed by atoms with Gasteiger partial charge < -0.3 is 0 Å². The lowest BCUT2D eigenvalue weighted by Crippen LogP contribution is -2.66. The minimum Gasteiger partial charge on any atom is -0.239 e. The van der Waals surface area contributed by atoms with Gasteiger partial charge >= 0.3 is 0 Å². The summed E-state index contributed by atoms with van der Waals surface area (Å²) in [7, 11) is 3.22. The summed E-state index contributed by atoms with van der Waals surface area (Å²) in [5.74, 6) is -24.3. The molecule has 1 aliphatic heterocycles. The van der Waals surface area contributed by atoms with Crippen molar-refractivity contribution in [2.45, 2.75) is 33.5 Å². The summed E-state index contributed by atoms with van der Waals surface area (Å²) in [6.07, 6.45) is -3.12. The Morgan fingerprint density at radius 1 is 0.649 bits per heavy atom. The van der Waals surface area contributed by atoms with Gasteiger partial charge in [0, 0.05) is 6.42 Å². The largest absolute Gasteiger partial charge is 0.239 e. The normalized spacial score (nSPS) is 18.4. The van der Waals surface area contributed by atoms with Crippen molar-refractivity contribution in [2.75, 3.05) is 14.1 Å². The number of rotatable bonds is 2. The van der Waals surface area contributed by atoms with Gasteiger partial charge in [0.1, 0.15) is 37.4 Å². The summed E-state index contributed by atoms with van der Waals surface area (Å²) in [4.78, 5) is 0. The van der Waals surface area contributed by atoms with Crippen LogP contribution < -0.4 is 10.9 Å². The molecule has 37 heavy (non-hydrogen) atoms. The molecule has 0 saturated carbocycles. The second-order valence-corrected chi connectivity index (χ2v) is 10.4. The van der Waals surface area contributed by atoms with Gasteiger partial charge in [-0.3, -0.25) is 0 Å². The van der Waals surface area contributed by atoms with Crippen molar-refractivity contribution < 1.29 is 48.5 Å². The smallest absolute Gasteiger partial charge is 0.200 e. The van der Waals surface area contributed by atoms with Gasteiger partial charge in [0.15, 0.2) is 40.6 Å². The van der Waals surface area contributed by atoms with Crippen LogP contribution in [0.4, 0.5) is 43.9 Å². The fourth-order valence-corrected chi connectivity index (χ4v) is 5.87. The standard InChI is InChI=1S/C25H20BF10N/c1-9-6-11-10(12(37(4)5)7-25(11,2)3)8-26(9,13-15(27)19(31)23(35)20(32)16(13)28)14-17(29)21(33)24(36)22(34)18(14)30/h6H,7-8H2,1-5H3. The van der Waals surface area contributed by atoms with Gasteiger partial charge in [-0.2, -0.15) is 0 Å². The van der Waals surface area contributed by atoms with Crippen LogP contribution in [0.3, 0.4) is 0 Å². The molecule has 0 amide bonds. The zero-order valence-electron chi connectivity index (χ0n) is 20.3. The van der Waals surface area contributed by atoms with Crippen LogP contribution in [0.1, 0.15) is 27.2 Å². The second-order valence-electron chi connectivity index (χ2n) is 10.4. The van der Waals surface area contributed by atoms with Crippen molar-refractivity contribution in [3.05, 3.63) is 80.9 Å². The molecule has 0 radical (unpaired) electrons. The maximum Gasteiger partial charge on any atom is 0.200 e. The van der Waals surface area contributed by atoms with Crippen LogP contribution in [0.15, 0.2) is 22.7 Å². The van der Waals surface area contributed by atoms with Crippen LogP contribution in [0, 0.1) is 63.6 Å². The van der Waals surface area contributed by atoms with E-state index in [9.17, 15) is 26.3 Å². The van der Waals surface area contributed by atoms with Gasteiger partial charge in [0.2, 0.25) is 0 Å². The highest BCUT2D eigenvalue weighted by Crippen LogP contribution is 2.49. The number of nitrogens with zero attached hydrogens (tertiary/aromatic N) is 1. The Balaban J connectivity index is 2.26. The lowest BCUT2D eigenvalue weighted by Gasteiger charge is -2.47. The molecule has 0 spiro atoms. The van der Waals surface area contributed by atoms with Gasteiger partial charge in [0.25, 0.3) is 0 Å². The number of benzene rings is 2. The van der Waals surface area contributed by atoms with Crippen molar-refractivity contribution in [2.24, 2.45) is 5.41 Å². The van der Waals surface area contributed by atoms with Crippen LogP contribution in [-0.2, 0) is 0 Å². The van der Waals surface area contributed by atoms with Crippen molar-refractivity contribution in [1.29, 1.82) is 0 Å². The Morgan fingerprint density at radius 2 is 1.00 bits per heavy atom.